The summed E-state index contributed by atoms with van der Waals surface area (Å²) in [5.74, 6) is 0. The van der Waals surface area contributed by atoms with Gasteiger partial charge in [0.15, 0.2) is 9.04 Å². The lowest BCUT2D eigenvalue weighted by atomic mass is 9.90. The van der Waals surface area contributed by atoms with Crippen molar-refractivity contribution < 1.29 is 22.6 Å². The lowest BCUT2D eigenvalue weighted by molar-refractivity contribution is 0.0296. The van der Waals surface area contributed by atoms with E-state index in [1.54, 1.807) is 0 Å². The van der Waals surface area contributed by atoms with E-state index in [1.807, 2.05) is 0 Å². The summed E-state index contributed by atoms with van der Waals surface area (Å²) in [4.78, 5) is 0. The van der Waals surface area contributed by atoms with E-state index < -0.39 is 16.9 Å². The van der Waals surface area contributed by atoms with Crippen molar-refractivity contribution in [2.75, 3.05) is 19.8 Å². The zero-order valence-electron chi connectivity index (χ0n) is 11.3. The molecule has 0 radical (unpaired) electrons. The number of hydrogen-bond acceptors (Lipinski definition) is 5. The smallest absolute Gasteiger partial charge is 0.415 e. The Hall–Kier alpha value is 0.287. The maximum atomic E-state index is 11.8. The van der Waals surface area contributed by atoms with Crippen molar-refractivity contribution >= 4 is 16.9 Å². The van der Waals surface area contributed by atoms with E-state index in [0.29, 0.717) is 13.2 Å². The molecule has 0 aromatic carbocycles. The Labute approximate surface area is 105 Å². The summed E-state index contributed by atoms with van der Waals surface area (Å²) < 4.78 is 33.0. The van der Waals surface area contributed by atoms with E-state index in [1.165, 1.54) is 0 Å². The zero-order valence-corrected chi connectivity index (χ0v) is 13.3. The predicted octanol–water partition coefficient (Wildman–Crippen LogP) is 2.57. The van der Waals surface area contributed by atoms with Gasteiger partial charge in [0, 0.05) is 0 Å². The first kappa shape index (κ1) is 15.3. The number of phosphoric acid groups is 1. The first-order valence-corrected chi connectivity index (χ1v) is 10.2. The molecule has 0 aliphatic carbocycles. The Bertz CT molecular complexity index is 279. The van der Waals surface area contributed by atoms with Crippen LogP contribution in [-0.4, -0.2) is 35.0 Å². The van der Waals surface area contributed by atoms with Crippen LogP contribution in [0.25, 0.3) is 0 Å². The van der Waals surface area contributed by atoms with Crippen LogP contribution in [0, 0.1) is 5.41 Å². The van der Waals surface area contributed by atoms with Crippen molar-refractivity contribution in [3.63, 3.8) is 0 Å². The summed E-state index contributed by atoms with van der Waals surface area (Å²) >= 11 is 0. The minimum atomic E-state index is -3.30. The third-order valence-corrected chi connectivity index (χ3v) is 4.70. The molecule has 1 aliphatic rings. The Morgan fingerprint density at radius 3 is 2.24 bits per heavy atom. The highest BCUT2D eigenvalue weighted by Crippen LogP contribution is 2.53. The predicted molar refractivity (Wildman–Crippen MR) is 68.7 cm³/mol. The largest absolute Gasteiger partial charge is 0.475 e. The van der Waals surface area contributed by atoms with E-state index in [-0.39, 0.29) is 18.1 Å². The molecule has 1 aliphatic heterocycles. The molecule has 7 heteroatoms. The van der Waals surface area contributed by atoms with Crippen LogP contribution in [0.15, 0.2) is 0 Å². The molecule has 0 amide bonds. The van der Waals surface area contributed by atoms with Gasteiger partial charge in [0.05, 0.1) is 25.9 Å². The zero-order chi connectivity index (χ0) is 13.1. The molecule has 17 heavy (non-hydrogen) atoms. The van der Waals surface area contributed by atoms with Crippen molar-refractivity contribution in [3.05, 3.63) is 0 Å². The van der Waals surface area contributed by atoms with E-state index in [0.717, 1.165) is 0 Å². The summed E-state index contributed by atoms with van der Waals surface area (Å²) in [5, 5.41) is 0. The van der Waals surface area contributed by atoms with Crippen molar-refractivity contribution in [1.82, 2.24) is 0 Å². The van der Waals surface area contributed by atoms with Crippen LogP contribution in [0.3, 0.4) is 0 Å². The maximum Gasteiger partial charge on any atom is 0.475 e. The fraction of sp³-hybridized carbons (Fsp3) is 1.00. The van der Waals surface area contributed by atoms with Crippen LogP contribution >= 0.6 is 7.82 Å². The normalized spacial score (nSPS) is 22.0. The second-order valence-corrected chi connectivity index (χ2v) is 9.49. The monoisotopic (exact) mass is 282 g/mol. The van der Waals surface area contributed by atoms with Crippen molar-refractivity contribution in [1.29, 1.82) is 0 Å². The summed E-state index contributed by atoms with van der Waals surface area (Å²) in [6.45, 7) is 11.3. The SMILES string of the molecule is C[SiH](C)OC(COP1(=O)OCCO1)C(C)(C)C. The molecule has 1 atom stereocenters. The van der Waals surface area contributed by atoms with Crippen LogP contribution in [0.5, 0.6) is 0 Å². The molecule has 1 unspecified atom stereocenters. The van der Waals surface area contributed by atoms with Gasteiger partial charge in [-0.15, -0.1) is 0 Å². The number of phosphoric ester groups is 1. The average Bonchev–Trinajstić information content (AvgIpc) is 2.58. The van der Waals surface area contributed by atoms with Crippen molar-refractivity contribution in [2.24, 2.45) is 5.41 Å². The summed E-state index contributed by atoms with van der Waals surface area (Å²) in [6.07, 6.45) is -0.0900. The molecule has 1 saturated heterocycles. The average molecular weight is 282 g/mol. The fourth-order valence-corrected chi connectivity index (χ4v) is 3.67. The first-order chi connectivity index (χ1) is 7.73. The highest BCUT2D eigenvalue weighted by molar-refractivity contribution is 7.48. The summed E-state index contributed by atoms with van der Waals surface area (Å²) in [6, 6.07) is 0. The van der Waals surface area contributed by atoms with E-state index >= 15 is 0 Å². The Balaban J connectivity index is 2.52. The van der Waals surface area contributed by atoms with Gasteiger partial charge in [-0.1, -0.05) is 20.8 Å². The van der Waals surface area contributed by atoms with Crippen LogP contribution < -0.4 is 0 Å². The van der Waals surface area contributed by atoms with E-state index in [2.05, 4.69) is 33.9 Å². The molecule has 1 heterocycles. The first-order valence-electron chi connectivity index (χ1n) is 5.92. The van der Waals surface area contributed by atoms with E-state index in [4.69, 9.17) is 18.0 Å². The highest BCUT2D eigenvalue weighted by atomic mass is 31.2. The van der Waals surface area contributed by atoms with Gasteiger partial charge in [-0.05, 0) is 18.5 Å². The van der Waals surface area contributed by atoms with Gasteiger partial charge in [-0.2, -0.15) is 0 Å². The standard InChI is InChI=1S/C10H23O5PSi/c1-10(2,3)9(15-17(4)5)8-14-16(11)12-6-7-13-16/h9,17H,6-8H2,1-5H3. The molecule has 0 aromatic heterocycles. The van der Waals surface area contributed by atoms with Gasteiger partial charge in [0.25, 0.3) is 0 Å². The van der Waals surface area contributed by atoms with Gasteiger partial charge < -0.3 is 4.43 Å². The van der Waals surface area contributed by atoms with Gasteiger partial charge in [0.2, 0.25) is 0 Å². The third kappa shape index (κ3) is 5.20. The molecule has 0 spiro atoms. The van der Waals surface area contributed by atoms with Crippen LogP contribution in [-0.2, 0) is 22.6 Å². The molecular weight excluding hydrogens is 259 g/mol. The molecule has 0 aromatic rings. The molecule has 1 fully saturated rings. The van der Waals surface area contributed by atoms with Crippen molar-refractivity contribution in [3.8, 4) is 0 Å². The molecule has 5 nitrogen and oxygen atoms in total. The Morgan fingerprint density at radius 2 is 1.82 bits per heavy atom. The molecular formula is C10H23O5PSi. The summed E-state index contributed by atoms with van der Waals surface area (Å²) in [7, 11) is -4.47. The minimum absolute atomic E-state index is 0.0594. The van der Waals surface area contributed by atoms with Crippen LogP contribution in [0.1, 0.15) is 20.8 Å². The van der Waals surface area contributed by atoms with Gasteiger partial charge in [-0.25, -0.2) is 4.57 Å². The van der Waals surface area contributed by atoms with Gasteiger partial charge in [0.1, 0.15) is 0 Å². The Morgan fingerprint density at radius 1 is 1.29 bits per heavy atom. The van der Waals surface area contributed by atoms with Gasteiger partial charge >= 0.3 is 7.82 Å². The van der Waals surface area contributed by atoms with Crippen molar-refractivity contribution in [2.45, 2.75) is 40.0 Å². The fourth-order valence-electron chi connectivity index (χ4n) is 1.39. The lowest BCUT2D eigenvalue weighted by Gasteiger charge is -2.32. The minimum Gasteiger partial charge on any atom is -0.415 e. The second kappa shape index (κ2) is 5.95. The van der Waals surface area contributed by atoms with Gasteiger partial charge in [-0.3, -0.25) is 13.6 Å². The van der Waals surface area contributed by atoms with Crippen LogP contribution in [0.2, 0.25) is 13.1 Å². The van der Waals surface area contributed by atoms with Crippen LogP contribution in [0.4, 0.5) is 0 Å². The maximum absolute atomic E-state index is 11.8. The lowest BCUT2D eigenvalue weighted by Crippen LogP contribution is -2.36. The number of rotatable bonds is 5. The summed E-state index contributed by atoms with van der Waals surface area (Å²) in [5.41, 5.74) is -0.0594. The molecule has 0 bridgehead atoms. The second-order valence-electron chi connectivity index (χ2n) is 5.45. The molecule has 0 saturated carbocycles. The quantitative estimate of drug-likeness (QED) is 0.573. The Kier molecular flexibility index (Phi) is 5.37. The molecule has 0 N–H and O–H groups in total. The highest BCUT2D eigenvalue weighted by Gasteiger charge is 2.35. The molecule has 1 rings (SSSR count). The third-order valence-electron chi connectivity index (χ3n) is 2.37. The number of hydrogen-bond donors (Lipinski definition) is 0. The molecule has 102 valence electrons. The topological polar surface area (TPSA) is 54.0 Å². The van der Waals surface area contributed by atoms with E-state index in [9.17, 15) is 4.57 Å².